The Balaban J connectivity index is 1.34. The fraction of sp³-hybridized carbons (Fsp3) is 0.483. The topological polar surface area (TPSA) is 77.5 Å². The number of hydrogen-bond acceptors (Lipinski definition) is 5. The zero-order valence-electron chi connectivity index (χ0n) is 20.7. The van der Waals surface area contributed by atoms with Gasteiger partial charge in [-0.2, -0.15) is 0 Å². The van der Waals surface area contributed by atoms with Crippen LogP contribution in [0.5, 0.6) is 0 Å². The Hall–Kier alpha value is -3.22. The summed E-state index contributed by atoms with van der Waals surface area (Å²) in [6, 6.07) is 10.4. The maximum Gasteiger partial charge on any atom is 0.407 e. The van der Waals surface area contributed by atoms with Gasteiger partial charge in [-0.15, -0.1) is 0 Å². The SMILES string of the molecule is CCOC(=O)N[C@H]1CC[C@H]2[C@@H](C1)C[C@@H]1C(=O)O[C@@H](C)[C@H]1[C@@H]2C=Cc1ccc(-c2cccc(F)c2)cn1. The Labute approximate surface area is 211 Å². The second-order valence-electron chi connectivity index (χ2n) is 10.3. The van der Waals surface area contributed by atoms with E-state index < -0.39 is 0 Å². The molecule has 1 aromatic heterocycles. The number of hydrogen-bond donors (Lipinski definition) is 1. The zero-order valence-corrected chi connectivity index (χ0v) is 20.7. The van der Waals surface area contributed by atoms with Gasteiger partial charge in [0.05, 0.1) is 18.2 Å². The number of fused-ring (bicyclic) bond motifs is 2. The lowest BCUT2D eigenvalue weighted by atomic mass is 9.57. The molecule has 3 fully saturated rings. The van der Waals surface area contributed by atoms with Gasteiger partial charge in [0, 0.05) is 23.7 Å². The zero-order chi connectivity index (χ0) is 25.2. The average molecular weight is 493 g/mol. The Kier molecular flexibility index (Phi) is 7.08. The first-order valence-electron chi connectivity index (χ1n) is 13.0. The van der Waals surface area contributed by atoms with E-state index in [4.69, 9.17) is 9.47 Å². The fourth-order valence-corrected chi connectivity index (χ4v) is 6.64. The highest BCUT2D eigenvalue weighted by Gasteiger charge is 2.54. The lowest BCUT2D eigenvalue weighted by molar-refractivity contribution is -0.144. The second kappa shape index (κ2) is 10.4. The van der Waals surface area contributed by atoms with Crippen molar-refractivity contribution in [3.63, 3.8) is 0 Å². The number of nitrogens with one attached hydrogen (secondary N) is 1. The molecule has 2 saturated carbocycles. The molecule has 0 bridgehead atoms. The molecular weight excluding hydrogens is 459 g/mol. The average Bonchev–Trinajstić information content (AvgIpc) is 3.15. The van der Waals surface area contributed by atoms with Crippen molar-refractivity contribution in [2.45, 2.75) is 51.7 Å². The van der Waals surface area contributed by atoms with Gasteiger partial charge in [-0.1, -0.05) is 24.3 Å². The van der Waals surface area contributed by atoms with Crippen molar-refractivity contribution in [2.24, 2.45) is 29.6 Å². The van der Waals surface area contributed by atoms with Gasteiger partial charge in [-0.3, -0.25) is 9.78 Å². The monoisotopic (exact) mass is 492 g/mol. The van der Waals surface area contributed by atoms with E-state index in [1.165, 1.54) is 12.1 Å². The molecule has 1 aromatic carbocycles. The number of esters is 1. The molecule has 1 N–H and O–H groups in total. The lowest BCUT2D eigenvalue weighted by Crippen LogP contribution is -2.48. The maximum absolute atomic E-state index is 13.6. The summed E-state index contributed by atoms with van der Waals surface area (Å²) in [6.07, 6.45) is 9.07. The Morgan fingerprint density at radius 3 is 2.83 bits per heavy atom. The molecular formula is C29H33FN2O4. The number of carbonyl (C=O) groups is 2. The van der Waals surface area contributed by atoms with Crippen LogP contribution in [0.1, 0.15) is 45.2 Å². The summed E-state index contributed by atoms with van der Waals surface area (Å²) in [5, 5.41) is 3.00. The summed E-state index contributed by atoms with van der Waals surface area (Å²) >= 11 is 0. The van der Waals surface area contributed by atoms with E-state index in [0.717, 1.165) is 42.5 Å². The number of pyridine rings is 1. The Bertz CT molecular complexity index is 1130. The molecule has 7 heteroatoms. The highest BCUT2D eigenvalue weighted by molar-refractivity contribution is 5.75. The molecule has 0 unspecified atom stereocenters. The Morgan fingerprint density at radius 2 is 2.08 bits per heavy atom. The van der Waals surface area contributed by atoms with Gasteiger partial charge in [0.25, 0.3) is 0 Å². The van der Waals surface area contributed by atoms with Crippen molar-refractivity contribution in [3.8, 4) is 11.1 Å². The summed E-state index contributed by atoms with van der Waals surface area (Å²) in [5.41, 5.74) is 2.48. The third-order valence-electron chi connectivity index (χ3n) is 8.18. The van der Waals surface area contributed by atoms with E-state index in [0.29, 0.717) is 18.4 Å². The predicted octanol–water partition coefficient (Wildman–Crippen LogP) is 5.63. The number of aromatic nitrogens is 1. The maximum atomic E-state index is 13.6. The van der Waals surface area contributed by atoms with Crippen molar-refractivity contribution in [1.82, 2.24) is 10.3 Å². The van der Waals surface area contributed by atoms with Crippen molar-refractivity contribution < 1.29 is 23.5 Å². The number of alkyl carbamates (subject to hydrolysis) is 1. The highest BCUT2D eigenvalue weighted by Crippen LogP contribution is 2.53. The summed E-state index contributed by atoms with van der Waals surface area (Å²) < 4.78 is 24.3. The molecule has 1 saturated heterocycles. The number of halogens is 1. The van der Waals surface area contributed by atoms with E-state index in [9.17, 15) is 14.0 Å². The number of cyclic esters (lactones) is 1. The minimum Gasteiger partial charge on any atom is -0.462 e. The molecule has 190 valence electrons. The molecule has 6 nitrogen and oxygen atoms in total. The first-order valence-corrected chi connectivity index (χ1v) is 13.0. The first-order chi connectivity index (χ1) is 17.4. The third-order valence-corrected chi connectivity index (χ3v) is 8.18. The summed E-state index contributed by atoms with van der Waals surface area (Å²) in [4.78, 5) is 29.2. The van der Waals surface area contributed by atoms with Crippen LogP contribution in [0.4, 0.5) is 9.18 Å². The fourth-order valence-electron chi connectivity index (χ4n) is 6.64. The minimum atomic E-state index is -0.368. The summed E-state index contributed by atoms with van der Waals surface area (Å²) in [6.45, 7) is 4.15. The molecule has 1 aliphatic heterocycles. The lowest BCUT2D eigenvalue weighted by Gasteiger charge is -2.47. The molecule has 2 aliphatic carbocycles. The van der Waals surface area contributed by atoms with E-state index in [2.05, 4.69) is 16.4 Å². The second-order valence-corrected chi connectivity index (χ2v) is 10.3. The van der Waals surface area contributed by atoms with E-state index >= 15 is 0 Å². The van der Waals surface area contributed by atoms with Crippen LogP contribution >= 0.6 is 0 Å². The number of rotatable bonds is 5. The first kappa shape index (κ1) is 24.5. The van der Waals surface area contributed by atoms with Crippen LogP contribution in [0, 0.1) is 35.4 Å². The van der Waals surface area contributed by atoms with Crippen LogP contribution in [0.2, 0.25) is 0 Å². The van der Waals surface area contributed by atoms with Crippen LogP contribution in [0.3, 0.4) is 0 Å². The van der Waals surface area contributed by atoms with Gasteiger partial charge in [-0.25, -0.2) is 9.18 Å². The van der Waals surface area contributed by atoms with Gasteiger partial charge in [0.2, 0.25) is 0 Å². The minimum absolute atomic E-state index is 0.0679. The number of amides is 1. The highest BCUT2D eigenvalue weighted by atomic mass is 19.1. The van der Waals surface area contributed by atoms with Crippen LogP contribution in [0.15, 0.2) is 48.7 Å². The third kappa shape index (κ3) is 5.01. The molecule has 2 aromatic rings. The van der Waals surface area contributed by atoms with E-state index in [-0.39, 0.29) is 47.8 Å². The van der Waals surface area contributed by atoms with Crippen molar-refractivity contribution >= 4 is 18.1 Å². The smallest absolute Gasteiger partial charge is 0.407 e. The van der Waals surface area contributed by atoms with Gasteiger partial charge < -0.3 is 14.8 Å². The van der Waals surface area contributed by atoms with Crippen LogP contribution in [-0.2, 0) is 14.3 Å². The molecule has 0 spiro atoms. The van der Waals surface area contributed by atoms with Crippen LogP contribution in [0.25, 0.3) is 17.2 Å². The molecule has 5 rings (SSSR count). The van der Waals surface area contributed by atoms with Gasteiger partial charge in [0.1, 0.15) is 11.9 Å². The molecule has 0 radical (unpaired) electrons. The van der Waals surface area contributed by atoms with Crippen molar-refractivity contribution in [3.05, 3.63) is 60.2 Å². The molecule has 36 heavy (non-hydrogen) atoms. The van der Waals surface area contributed by atoms with Crippen molar-refractivity contribution in [2.75, 3.05) is 6.61 Å². The van der Waals surface area contributed by atoms with Gasteiger partial charge in [0.15, 0.2) is 0 Å². The summed E-state index contributed by atoms with van der Waals surface area (Å²) in [7, 11) is 0. The molecule has 7 atom stereocenters. The van der Waals surface area contributed by atoms with Crippen LogP contribution < -0.4 is 5.32 Å². The van der Waals surface area contributed by atoms with Crippen LogP contribution in [-0.4, -0.2) is 35.8 Å². The molecule has 2 heterocycles. The number of allylic oxidation sites excluding steroid dienone is 1. The Morgan fingerprint density at radius 1 is 1.22 bits per heavy atom. The number of ether oxygens (including phenoxy) is 2. The van der Waals surface area contributed by atoms with E-state index in [1.54, 1.807) is 19.2 Å². The number of carbonyl (C=O) groups excluding carboxylic acids is 2. The summed E-state index contributed by atoms with van der Waals surface area (Å²) in [5.74, 6) is 0.629. The van der Waals surface area contributed by atoms with Gasteiger partial charge >= 0.3 is 12.1 Å². The molecule has 3 aliphatic rings. The normalized spacial score (nSPS) is 31.4. The standard InChI is InChI=1S/C29H33FN2O4/c1-3-35-29(34)32-23-10-11-24-20(14-23)15-26-27(17(2)36-28(26)33)25(24)12-9-22-8-7-19(16-31-22)18-5-4-6-21(30)13-18/h4-9,12-13,16-17,20,23-27H,3,10-11,14-15H2,1-2H3,(H,32,34)/t17-,20-,23-,24-,25+,26-,27-/m0/s1. The molecule has 1 amide bonds. The van der Waals surface area contributed by atoms with E-state index in [1.807, 2.05) is 31.2 Å². The number of benzene rings is 1. The number of nitrogens with zero attached hydrogens (tertiary/aromatic N) is 1. The predicted molar refractivity (Wildman–Crippen MR) is 134 cm³/mol. The van der Waals surface area contributed by atoms with Crippen molar-refractivity contribution in [1.29, 1.82) is 0 Å². The van der Waals surface area contributed by atoms with Gasteiger partial charge in [-0.05, 0) is 87.1 Å². The largest absolute Gasteiger partial charge is 0.462 e. The quantitative estimate of drug-likeness (QED) is 0.548.